The second-order valence-corrected chi connectivity index (χ2v) is 5.72. The highest BCUT2D eigenvalue weighted by atomic mass is 19.1. The van der Waals surface area contributed by atoms with E-state index in [1.165, 1.54) is 12.3 Å². The lowest BCUT2D eigenvalue weighted by atomic mass is 10.0. The Morgan fingerprint density at radius 3 is 2.69 bits per heavy atom. The highest BCUT2D eigenvalue weighted by Gasteiger charge is 2.38. The van der Waals surface area contributed by atoms with Gasteiger partial charge in [-0.15, -0.1) is 0 Å². The fourth-order valence-corrected chi connectivity index (χ4v) is 2.57. The number of aromatic nitrogens is 2. The molecule has 0 bridgehead atoms. The van der Waals surface area contributed by atoms with Crippen molar-refractivity contribution in [1.82, 2.24) is 9.55 Å². The zero-order valence-electron chi connectivity index (χ0n) is 13.5. The summed E-state index contributed by atoms with van der Waals surface area (Å²) in [7, 11) is 0. The molecule has 2 N–H and O–H groups in total. The standard InChI is InChI=1S/C17H16FN3O5/c18-12-8-11(9-22)26-16(14(12)23)21-7-6-13(20-17(21)25)19-15(24)10-4-2-1-3-5-10/h1-7,11-12,16,22H,8-9H2,(H,19,20,24,25)/t11-,12-,16+/m0/s1. The largest absolute Gasteiger partial charge is 0.394 e. The van der Waals surface area contributed by atoms with Gasteiger partial charge in [0.2, 0.25) is 12.0 Å². The molecule has 0 saturated carbocycles. The van der Waals surface area contributed by atoms with Gasteiger partial charge in [-0.3, -0.25) is 14.2 Å². The molecule has 1 saturated heterocycles. The van der Waals surface area contributed by atoms with Gasteiger partial charge in [-0.1, -0.05) is 18.2 Å². The van der Waals surface area contributed by atoms with Crippen LogP contribution < -0.4 is 11.0 Å². The van der Waals surface area contributed by atoms with Gasteiger partial charge in [0.25, 0.3) is 5.91 Å². The van der Waals surface area contributed by atoms with E-state index in [4.69, 9.17) is 9.84 Å². The van der Waals surface area contributed by atoms with Crippen molar-refractivity contribution in [3.63, 3.8) is 0 Å². The molecule has 1 amide bonds. The number of carbonyl (C=O) groups excluding carboxylic acids is 2. The summed E-state index contributed by atoms with van der Waals surface area (Å²) in [6, 6.07) is 9.64. The van der Waals surface area contributed by atoms with Crippen LogP contribution in [0.1, 0.15) is 23.0 Å². The van der Waals surface area contributed by atoms with E-state index in [1.807, 2.05) is 0 Å². The van der Waals surface area contributed by atoms with Gasteiger partial charge >= 0.3 is 5.69 Å². The van der Waals surface area contributed by atoms with Crippen LogP contribution >= 0.6 is 0 Å². The van der Waals surface area contributed by atoms with Crippen LogP contribution in [0.3, 0.4) is 0 Å². The van der Waals surface area contributed by atoms with Gasteiger partial charge in [-0.2, -0.15) is 4.98 Å². The zero-order chi connectivity index (χ0) is 18.7. The van der Waals surface area contributed by atoms with E-state index >= 15 is 0 Å². The molecule has 0 aliphatic carbocycles. The van der Waals surface area contributed by atoms with Crippen molar-refractivity contribution in [3.05, 3.63) is 58.6 Å². The molecule has 1 aliphatic heterocycles. The molecule has 2 heterocycles. The number of nitrogens with zero attached hydrogens (tertiary/aromatic N) is 2. The first-order valence-electron chi connectivity index (χ1n) is 7.89. The molecular formula is C17H16FN3O5. The Kier molecular flexibility index (Phi) is 5.19. The van der Waals surface area contributed by atoms with Crippen molar-refractivity contribution in [1.29, 1.82) is 0 Å². The predicted octanol–water partition coefficient (Wildman–Crippen LogP) is 0.683. The van der Waals surface area contributed by atoms with Crippen molar-refractivity contribution in [2.24, 2.45) is 0 Å². The first-order chi connectivity index (χ1) is 12.5. The van der Waals surface area contributed by atoms with Crippen molar-refractivity contribution >= 4 is 17.5 Å². The molecule has 0 radical (unpaired) electrons. The number of aliphatic hydroxyl groups is 1. The molecule has 1 fully saturated rings. The summed E-state index contributed by atoms with van der Waals surface area (Å²) in [5.74, 6) is -1.39. The highest BCUT2D eigenvalue weighted by Crippen LogP contribution is 2.25. The van der Waals surface area contributed by atoms with Crippen LogP contribution in [0.5, 0.6) is 0 Å². The minimum Gasteiger partial charge on any atom is -0.394 e. The van der Waals surface area contributed by atoms with Crippen LogP contribution in [0, 0.1) is 0 Å². The van der Waals surface area contributed by atoms with Gasteiger partial charge in [0, 0.05) is 18.2 Å². The molecule has 2 aromatic rings. The van der Waals surface area contributed by atoms with Gasteiger partial charge in [-0.05, 0) is 18.2 Å². The maximum Gasteiger partial charge on any atom is 0.352 e. The van der Waals surface area contributed by atoms with Gasteiger partial charge < -0.3 is 15.2 Å². The fourth-order valence-electron chi connectivity index (χ4n) is 2.57. The van der Waals surface area contributed by atoms with E-state index in [0.717, 1.165) is 4.57 Å². The van der Waals surface area contributed by atoms with Gasteiger partial charge in [-0.25, -0.2) is 9.18 Å². The lowest BCUT2D eigenvalue weighted by Gasteiger charge is -2.30. The number of aliphatic hydroxyl groups excluding tert-OH is 1. The number of Topliss-reactive ketones (excluding diaryl/α,β-unsaturated/α-hetero) is 1. The van der Waals surface area contributed by atoms with E-state index in [9.17, 15) is 18.8 Å². The number of hydrogen-bond donors (Lipinski definition) is 2. The summed E-state index contributed by atoms with van der Waals surface area (Å²) in [5, 5.41) is 11.6. The van der Waals surface area contributed by atoms with Crippen LogP contribution in [-0.2, 0) is 9.53 Å². The molecule has 1 aromatic carbocycles. The van der Waals surface area contributed by atoms with E-state index in [1.54, 1.807) is 30.3 Å². The Hall–Kier alpha value is -2.91. The highest BCUT2D eigenvalue weighted by molar-refractivity contribution is 6.03. The number of rotatable bonds is 4. The summed E-state index contributed by atoms with van der Waals surface area (Å²) in [5.41, 5.74) is -0.504. The molecule has 8 nitrogen and oxygen atoms in total. The predicted molar refractivity (Wildman–Crippen MR) is 88.4 cm³/mol. The number of hydrogen-bond acceptors (Lipinski definition) is 6. The molecule has 3 rings (SSSR count). The summed E-state index contributed by atoms with van der Waals surface area (Å²) < 4.78 is 19.9. The van der Waals surface area contributed by atoms with Crippen molar-refractivity contribution in [2.75, 3.05) is 11.9 Å². The smallest absolute Gasteiger partial charge is 0.352 e. The van der Waals surface area contributed by atoms with Crippen LogP contribution in [0.25, 0.3) is 0 Å². The second kappa shape index (κ2) is 7.54. The van der Waals surface area contributed by atoms with Crippen molar-refractivity contribution in [3.8, 4) is 0 Å². The van der Waals surface area contributed by atoms with E-state index in [-0.39, 0.29) is 12.2 Å². The number of amides is 1. The normalized spacial score (nSPS) is 22.8. The average Bonchev–Trinajstić information content (AvgIpc) is 2.65. The Bertz CT molecular complexity index is 870. The Labute approximate surface area is 147 Å². The number of ether oxygens (including phenoxy) is 1. The quantitative estimate of drug-likeness (QED) is 0.829. The number of nitrogens with one attached hydrogen (secondary N) is 1. The summed E-state index contributed by atoms with van der Waals surface area (Å²) in [6.07, 6.45) is -3.31. The number of halogens is 1. The summed E-state index contributed by atoms with van der Waals surface area (Å²) in [4.78, 5) is 39.9. The molecule has 3 atom stereocenters. The van der Waals surface area contributed by atoms with Crippen LogP contribution in [-0.4, -0.2) is 45.2 Å². The third-order valence-electron chi connectivity index (χ3n) is 3.91. The molecule has 1 aromatic heterocycles. The fraction of sp³-hybridized carbons (Fsp3) is 0.294. The third-order valence-corrected chi connectivity index (χ3v) is 3.91. The van der Waals surface area contributed by atoms with Gasteiger partial charge in [0.1, 0.15) is 5.82 Å². The minimum absolute atomic E-state index is 0.0149. The first kappa shape index (κ1) is 17.9. The van der Waals surface area contributed by atoms with Crippen LogP contribution in [0.2, 0.25) is 0 Å². The van der Waals surface area contributed by atoms with Crippen molar-refractivity contribution < 1.29 is 23.8 Å². The van der Waals surface area contributed by atoms with Crippen LogP contribution in [0.4, 0.5) is 10.2 Å². The van der Waals surface area contributed by atoms with E-state index < -0.39 is 42.5 Å². The Morgan fingerprint density at radius 2 is 2.04 bits per heavy atom. The number of benzene rings is 1. The van der Waals surface area contributed by atoms with Gasteiger partial charge in [0.05, 0.1) is 12.7 Å². The lowest BCUT2D eigenvalue weighted by molar-refractivity contribution is -0.166. The maximum absolute atomic E-state index is 13.8. The van der Waals surface area contributed by atoms with Crippen molar-refractivity contribution in [2.45, 2.75) is 24.9 Å². The van der Waals surface area contributed by atoms with Crippen LogP contribution in [0.15, 0.2) is 47.4 Å². The molecule has 9 heteroatoms. The molecule has 26 heavy (non-hydrogen) atoms. The van der Waals surface area contributed by atoms with Gasteiger partial charge in [0.15, 0.2) is 6.17 Å². The second-order valence-electron chi connectivity index (χ2n) is 5.72. The summed E-state index contributed by atoms with van der Waals surface area (Å²) >= 11 is 0. The topological polar surface area (TPSA) is 111 Å². The molecular weight excluding hydrogens is 345 g/mol. The maximum atomic E-state index is 13.8. The average molecular weight is 361 g/mol. The Morgan fingerprint density at radius 1 is 1.31 bits per heavy atom. The monoisotopic (exact) mass is 361 g/mol. The third kappa shape index (κ3) is 3.68. The lowest BCUT2D eigenvalue weighted by Crippen LogP contribution is -2.45. The molecule has 0 spiro atoms. The van der Waals surface area contributed by atoms with E-state index in [0.29, 0.717) is 5.56 Å². The number of alkyl halides is 1. The SMILES string of the molecule is O=C(Nc1ccn([C@@H]2O[C@H](CO)C[C@H](F)C2=O)c(=O)n1)c1ccccc1. The minimum atomic E-state index is -1.84. The number of anilines is 1. The molecule has 0 unspecified atom stereocenters. The molecule has 136 valence electrons. The first-order valence-corrected chi connectivity index (χ1v) is 7.89. The van der Waals surface area contributed by atoms with E-state index in [2.05, 4.69) is 10.3 Å². The zero-order valence-corrected chi connectivity index (χ0v) is 13.5. The molecule has 1 aliphatic rings. The number of carbonyl (C=O) groups is 2. The summed E-state index contributed by atoms with van der Waals surface area (Å²) in [6.45, 7) is -0.475. The Balaban J connectivity index is 1.80. The number of ketones is 1.